The van der Waals surface area contributed by atoms with Gasteiger partial charge in [-0.1, -0.05) is 6.07 Å². The number of carbonyl (C=O) groups is 3. The summed E-state index contributed by atoms with van der Waals surface area (Å²) < 4.78 is 5.47. The first kappa shape index (κ1) is 25.1. The van der Waals surface area contributed by atoms with E-state index in [4.69, 9.17) is 4.74 Å². The third-order valence-electron chi connectivity index (χ3n) is 5.49. The number of nitriles is 1. The first-order valence-corrected chi connectivity index (χ1v) is 13.3. The molecule has 1 aromatic heterocycles. The van der Waals surface area contributed by atoms with Gasteiger partial charge < -0.3 is 20.3 Å². The highest BCUT2D eigenvalue weighted by Gasteiger charge is 2.31. The fourth-order valence-electron chi connectivity index (χ4n) is 3.66. The van der Waals surface area contributed by atoms with Crippen molar-refractivity contribution in [2.24, 2.45) is 5.92 Å². The van der Waals surface area contributed by atoms with Crippen LogP contribution in [0.25, 0.3) is 0 Å². The molecule has 2 aromatic rings. The molecule has 184 valence electrons. The van der Waals surface area contributed by atoms with Gasteiger partial charge in [0.25, 0.3) is 0 Å². The van der Waals surface area contributed by atoms with Gasteiger partial charge in [0.05, 0.1) is 17.9 Å². The summed E-state index contributed by atoms with van der Waals surface area (Å²) in [5, 5.41) is 16.0. The number of thioether (sulfide) groups is 1. The smallest absolute Gasteiger partial charge is 0.410 e. The summed E-state index contributed by atoms with van der Waals surface area (Å²) in [5.41, 5.74) is 1.50. The van der Waals surface area contributed by atoms with Gasteiger partial charge in [-0.2, -0.15) is 5.26 Å². The lowest BCUT2D eigenvalue weighted by atomic mass is 10.0. The van der Waals surface area contributed by atoms with E-state index in [-0.39, 0.29) is 29.6 Å². The fourth-order valence-corrected chi connectivity index (χ4v) is 5.64. The highest BCUT2D eigenvalue weighted by Crippen LogP contribution is 2.37. The first-order chi connectivity index (χ1) is 16.6. The molecule has 35 heavy (non-hydrogen) atoms. The van der Waals surface area contributed by atoms with E-state index in [0.717, 1.165) is 33.9 Å². The molecule has 3 amide bonds. The van der Waals surface area contributed by atoms with Crippen LogP contribution in [0.1, 0.15) is 49.6 Å². The van der Waals surface area contributed by atoms with Crippen LogP contribution in [0.4, 0.5) is 15.5 Å². The van der Waals surface area contributed by atoms with Crippen LogP contribution < -0.4 is 10.6 Å². The molecule has 0 radical (unpaired) electrons. The number of carbonyl (C=O) groups excluding carboxylic acids is 3. The maximum absolute atomic E-state index is 12.7. The lowest BCUT2D eigenvalue weighted by molar-refractivity contribution is -0.117. The minimum absolute atomic E-state index is 0.0424. The molecule has 8 nitrogen and oxygen atoms in total. The number of nitrogens with one attached hydrogen (secondary N) is 2. The van der Waals surface area contributed by atoms with Gasteiger partial charge >= 0.3 is 6.09 Å². The summed E-state index contributed by atoms with van der Waals surface area (Å²) in [6.07, 6.45) is 2.04. The van der Waals surface area contributed by atoms with E-state index in [1.54, 1.807) is 4.90 Å². The lowest BCUT2D eigenvalue weighted by Gasteiger charge is -2.29. The summed E-state index contributed by atoms with van der Waals surface area (Å²) in [5.74, 6) is 0.110. The normalized spacial score (nSPS) is 15.1. The Kier molecular flexibility index (Phi) is 7.38. The molecular weight excluding hydrogens is 484 g/mol. The zero-order valence-corrected chi connectivity index (χ0v) is 21.6. The molecule has 1 aliphatic carbocycles. The predicted molar refractivity (Wildman–Crippen MR) is 137 cm³/mol. The topological polar surface area (TPSA) is 112 Å². The average molecular weight is 513 g/mol. The number of nitrogens with zero attached hydrogens (tertiary/aromatic N) is 2. The largest absolute Gasteiger partial charge is 0.444 e. The summed E-state index contributed by atoms with van der Waals surface area (Å²) >= 11 is 2.69. The maximum Gasteiger partial charge on any atom is 0.410 e. The summed E-state index contributed by atoms with van der Waals surface area (Å²) in [6, 6.07) is 9.64. The van der Waals surface area contributed by atoms with Crippen molar-refractivity contribution in [3.05, 3.63) is 40.3 Å². The summed E-state index contributed by atoms with van der Waals surface area (Å²) in [6.45, 7) is 6.29. The van der Waals surface area contributed by atoms with Crippen molar-refractivity contribution in [1.29, 1.82) is 5.26 Å². The van der Waals surface area contributed by atoms with Crippen molar-refractivity contribution in [2.75, 3.05) is 22.9 Å². The second-order valence-corrected chi connectivity index (χ2v) is 11.8. The molecule has 0 unspecified atom stereocenters. The molecule has 2 heterocycles. The van der Waals surface area contributed by atoms with Crippen molar-refractivity contribution < 1.29 is 19.1 Å². The number of rotatable bonds is 6. The van der Waals surface area contributed by atoms with Crippen molar-refractivity contribution >= 4 is 51.7 Å². The van der Waals surface area contributed by atoms with Gasteiger partial charge in [0.1, 0.15) is 16.7 Å². The number of amides is 3. The fraction of sp³-hybridized carbons (Fsp3) is 0.440. The Labute approximate surface area is 213 Å². The van der Waals surface area contributed by atoms with Crippen LogP contribution in [-0.4, -0.2) is 40.7 Å². The molecule has 0 bridgehead atoms. The predicted octanol–water partition coefficient (Wildman–Crippen LogP) is 4.99. The summed E-state index contributed by atoms with van der Waals surface area (Å²) in [7, 11) is 0. The molecule has 1 aromatic carbocycles. The number of anilines is 2. The van der Waals surface area contributed by atoms with Crippen molar-refractivity contribution in [3.63, 3.8) is 0 Å². The van der Waals surface area contributed by atoms with Crippen LogP contribution in [0, 0.1) is 17.2 Å². The Balaban J connectivity index is 1.36. The third kappa shape index (κ3) is 6.55. The van der Waals surface area contributed by atoms with E-state index in [2.05, 4.69) is 16.7 Å². The SMILES string of the molecule is CC(C)(C)OC(=O)N1CCc2c(sc(NC(=O)CSc3cccc(NC(=O)C4CC4)c3)c2C#N)C1. The number of fused-ring (bicyclic) bond motifs is 1. The minimum Gasteiger partial charge on any atom is -0.444 e. The van der Waals surface area contributed by atoms with Gasteiger partial charge in [-0.3, -0.25) is 9.59 Å². The van der Waals surface area contributed by atoms with Crippen LogP contribution in [-0.2, 0) is 27.3 Å². The molecule has 4 rings (SSSR count). The van der Waals surface area contributed by atoms with Crippen molar-refractivity contribution in [2.45, 2.75) is 57.1 Å². The Morgan fingerprint density at radius 1 is 1.26 bits per heavy atom. The van der Waals surface area contributed by atoms with Gasteiger partial charge in [-0.15, -0.1) is 23.1 Å². The molecule has 1 fully saturated rings. The Hall–Kier alpha value is -3.03. The number of thiophene rings is 1. The average Bonchev–Trinajstić information content (AvgIpc) is 3.58. The number of hydrogen-bond donors (Lipinski definition) is 2. The molecule has 1 aliphatic heterocycles. The zero-order chi connectivity index (χ0) is 25.2. The van der Waals surface area contributed by atoms with Crippen LogP contribution in [0.2, 0.25) is 0 Å². The molecular formula is C25H28N4O4S2. The van der Waals surface area contributed by atoms with Crippen molar-refractivity contribution in [1.82, 2.24) is 4.90 Å². The molecule has 2 N–H and O–H groups in total. The molecule has 1 saturated carbocycles. The highest BCUT2D eigenvalue weighted by atomic mass is 32.2. The van der Waals surface area contributed by atoms with Gasteiger partial charge in [0, 0.05) is 27.9 Å². The van der Waals surface area contributed by atoms with Crippen molar-refractivity contribution in [3.8, 4) is 6.07 Å². The minimum atomic E-state index is -0.580. The van der Waals surface area contributed by atoms with Crippen LogP contribution >= 0.6 is 23.1 Å². The van der Waals surface area contributed by atoms with Gasteiger partial charge in [0.2, 0.25) is 11.8 Å². The van der Waals surface area contributed by atoms with Crippen LogP contribution in [0.3, 0.4) is 0 Å². The van der Waals surface area contributed by atoms with E-state index >= 15 is 0 Å². The van der Waals surface area contributed by atoms with E-state index in [1.165, 1.54) is 23.1 Å². The van der Waals surface area contributed by atoms with E-state index in [9.17, 15) is 19.6 Å². The van der Waals surface area contributed by atoms with Crippen LogP contribution in [0.15, 0.2) is 29.2 Å². The summed E-state index contributed by atoms with van der Waals surface area (Å²) in [4.78, 5) is 40.5. The number of ether oxygens (including phenoxy) is 1. The second kappa shape index (κ2) is 10.3. The monoisotopic (exact) mass is 512 g/mol. The maximum atomic E-state index is 12.7. The lowest BCUT2D eigenvalue weighted by Crippen LogP contribution is -2.39. The number of benzene rings is 1. The highest BCUT2D eigenvalue weighted by molar-refractivity contribution is 8.00. The first-order valence-electron chi connectivity index (χ1n) is 11.5. The Morgan fingerprint density at radius 3 is 2.71 bits per heavy atom. The van der Waals surface area contributed by atoms with Gasteiger partial charge in [0.15, 0.2) is 0 Å². The second-order valence-electron chi connectivity index (χ2n) is 9.60. The molecule has 0 atom stereocenters. The molecule has 2 aliphatic rings. The third-order valence-corrected chi connectivity index (χ3v) is 7.62. The van der Waals surface area contributed by atoms with Crippen LogP contribution in [0.5, 0.6) is 0 Å². The van der Waals surface area contributed by atoms with Gasteiger partial charge in [-0.25, -0.2) is 4.79 Å². The molecule has 0 saturated heterocycles. The standard InChI is InChI=1S/C25H28N4O4S2/c1-25(2,3)33-24(32)29-10-9-18-19(12-26)23(35-20(18)13-29)28-21(30)14-34-17-6-4-5-16(11-17)27-22(31)15-7-8-15/h4-6,11,15H,7-10,13-14H2,1-3H3,(H,27,31)(H,28,30). The van der Waals surface area contributed by atoms with E-state index in [1.807, 2.05) is 45.0 Å². The van der Waals surface area contributed by atoms with E-state index in [0.29, 0.717) is 30.1 Å². The number of hydrogen-bond acceptors (Lipinski definition) is 7. The van der Waals surface area contributed by atoms with Gasteiger partial charge in [-0.05, 0) is 63.8 Å². The molecule has 10 heteroatoms. The Morgan fingerprint density at radius 2 is 2.03 bits per heavy atom. The Bertz CT molecular complexity index is 1190. The quantitative estimate of drug-likeness (QED) is 0.528. The van der Waals surface area contributed by atoms with E-state index < -0.39 is 5.60 Å². The zero-order valence-electron chi connectivity index (χ0n) is 20.0. The molecule has 0 spiro atoms.